The van der Waals surface area contributed by atoms with Crippen molar-refractivity contribution in [1.29, 1.82) is 0 Å². The molecule has 0 bridgehead atoms. The Morgan fingerprint density at radius 3 is 2.81 bits per heavy atom. The molecule has 8 nitrogen and oxygen atoms in total. The van der Waals surface area contributed by atoms with Crippen molar-refractivity contribution in [2.45, 2.75) is 31.7 Å². The summed E-state index contributed by atoms with van der Waals surface area (Å²) in [5.41, 5.74) is 0.820. The number of carbonyl (C=O) groups excluding carboxylic acids is 1. The van der Waals surface area contributed by atoms with Gasteiger partial charge < -0.3 is 19.2 Å². The van der Waals surface area contributed by atoms with Gasteiger partial charge in [-0.1, -0.05) is 17.8 Å². The van der Waals surface area contributed by atoms with Gasteiger partial charge in [0.05, 0.1) is 19.1 Å². The SMILES string of the molecule is CCn1c(SCC(=O)NCCc2ccc(OC(F)F)c(OC)c2)nnc1-c1ccco1. The highest BCUT2D eigenvalue weighted by Crippen LogP contribution is 2.29. The Labute approximate surface area is 181 Å². The molecule has 0 atom stereocenters. The van der Waals surface area contributed by atoms with Gasteiger partial charge in [0, 0.05) is 13.1 Å². The standard InChI is InChI=1S/C20H22F2N4O4S/c1-3-26-18(15-5-4-10-29-15)24-25-20(26)31-12-17(27)23-9-8-13-6-7-14(30-19(21)22)16(11-13)28-2/h4-7,10-11,19H,3,8-9,12H2,1-2H3,(H,23,27). The minimum absolute atomic E-state index is 0.0318. The van der Waals surface area contributed by atoms with Gasteiger partial charge in [0.2, 0.25) is 5.91 Å². The summed E-state index contributed by atoms with van der Waals surface area (Å²) in [6.07, 6.45) is 2.08. The molecule has 0 unspecified atom stereocenters. The van der Waals surface area contributed by atoms with Crippen LogP contribution in [0.1, 0.15) is 12.5 Å². The minimum Gasteiger partial charge on any atom is -0.493 e. The summed E-state index contributed by atoms with van der Waals surface area (Å²) in [7, 11) is 1.38. The molecule has 1 aromatic carbocycles. The van der Waals surface area contributed by atoms with E-state index in [9.17, 15) is 13.6 Å². The molecule has 11 heteroatoms. The van der Waals surface area contributed by atoms with E-state index in [-0.39, 0.29) is 23.2 Å². The van der Waals surface area contributed by atoms with Crippen molar-refractivity contribution in [1.82, 2.24) is 20.1 Å². The fourth-order valence-corrected chi connectivity index (χ4v) is 3.69. The van der Waals surface area contributed by atoms with Gasteiger partial charge in [0.25, 0.3) is 0 Å². The molecule has 0 aliphatic carbocycles. The lowest BCUT2D eigenvalue weighted by Gasteiger charge is -2.11. The lowest BCUT2D eigenvalue weighted by atomic mass is 10.1. The van der Waals surface area contributed by atoms with Gasteiger partial charge in [0.1, 0.15) is 0 Å². The van der Waals surface area contributed by atoms with Crippen LogP contribution in [-0.2, 0) is 17.8 Å². The Morgan fingerprint density at radius 1 is 1.29 bits per heavy atom. The van der Waals surface area contributed by atoms with Crippen molar-refractivity contribution in [3.63, 3.8) is 0 Å². The summed E-state index contributed by atoms with van der Waals surface area (Å²) in [5, 5.41) is 11.8. The Morgan fingerprint density at radius 2 is 2.13 bits per heavy atom. The molecular weight excluding hydrogens is 430 g/mol. The molecule has 1 amide bonds. The van der Waals surface area contributed by atoms with Crippen molar-refractivity contribution in [2.75, 3.05) is 19.4 Å². The first-order valence-corrected chi connectivity index (χ1v) is 10.5. The zero-order valence-corrected chi connectivity index (χ0v) is 17.8. The Bertz CT molecular complexity index is 995. The van der Waals surface area contributed by atoms with Crippen molar-refractivity contribution in [3.05, 3.63) is 42.2 Å². The van der Waals surface area contributed by atoms with Crippen LogP contribution in [-0.4, -0.2) is 46.7 Å². The van der Waals surface area contributed by atoms with Crippen LogP contribution in [0.2, 0.25) is 0 Å². The largest absolute Gasteiger partial charge is 0.493 e. The number of amides is 1. The Balaban J connectivity index is 1.49. The highest BCUT2D eigenvalue weighted by Gasteiger charge is 2.16. The van der Waals surface area contributed by atoms with Crippen molar-refractivity contribution in [2.24, 2.45) is 0 Å². The van der Waals surface area contributed by atoms with Crippen LogP contribution in [0, 0.1) is 0 Å². The molecule has 0 aliphatic rings. The summed E-state index contributed by atoms with van der Waals surface area (Å²) in [5.74, 6) is 1.44. The zero-order chi connectivity index (χ0) is 22.2. The number of aromatic nitrogens is 3. The number of hydrogen-bond acceptors (Lipinski definition) is 7. The topological polar surface area (TPSA) is 91.4 Å². The van der Waals surface area contributed by atoms with Crippen molar-refractivity contribution >= 4 is 17.7 Å². The molecule has 166 valence electrons. The second kappa shape index (κ2) is 10.8. The maximum Gasteiger partial charge on any atom is 0.387 e. The number of furan rings is 1. The van der Waals surface area contributed by atoms with E-state index in [0.717, 1.165) is 5.56 Å². The van der Waals surface area contributed by atoms with Gasteiger partial charge in [0.15, 0.2) is 28.2 Å². The van der Waals surface area contributed by atoms with E-state index in [1.54, 1.807) is 30.5 Å². The number of halogens is 2. The molecule has 2 heterocycles. The first kappa shape index (κ1) is 22.6. The van der Waals surface area contributed by atoms with E-state index in [0.29, 0.717) is 36.3 Å². The van der Waals surface area contributed by atoms with Gasteiger partial charge >= 0.3 is 6.61 Å². The van der Waals surface area contributed by atoms with E-state index in [1.165, 1.54) is 24.9 Å². The second-order valence-electron chi connectivity index (χ2n) is 6.28. The number of nitrogens with one attached hydrogen (secondary N) is 1. The smallest absolute Gasteiger partial charge is 0.387 e. The van der Waals surface area contributed by atoms with E-state index in [2.05, 4.69) is 20.3 Å². The molecule has 0 fully saturated rings. The summed E-state index contributed by atoms with van der Waals surface area (Å²) < 4.78 is 41.5. The average Bonchev–Trinajstić information content (AvgIpc) is 3.42. The normalized spacial score (nSPS) is 11.0. The Hall–Kier alpha value is -3.08. The molecule has 1 N–H and O–H groups in total. The van der Waals surface area contributed by atoms with Crippen molar-refractivity contribution < 1.29 is 27.5 Å². The molecule has 0 saturated carbocycles. The number of thioether (sulfide) groups is 1. The number of rotatable bonds is 11. The monoisotopic (exact) mass is 452 g/mol. The molecule has 0 saturated heterocycles. The lowest BCUT2D eigenvalue weighted by Crippen LogP contribution is -2.27. The van der Waals surface area contributed by atoms with Crippen LogP contribution >= 0.6 is 11.8 Å². The summed E-state index contributed by atoms with van der Waals surface area (Å²) >= 11 is 1.29. The number of methoxy groups -OCH3 is 1. The lowest BCUT2D eigenvalue weighted by molar-refractivity contribution is -0.118. The predicted molar refractivity (Wildman–Crippen MR) is 110 cm³/mol. The van der Waals surface area contributed by atoms with Gasteiger partial charge in [-0.15, -0.1) is 10.2 Å². The maximum atomic E-state index is 12.4. The highest BCUT2D eigenvalue weighted by molar-refractivity contribution is 7.99. The van der Waals surface area contributed by atoms with E-state index < -0.39 is 6.61 Å². The van der Waals surface area contributed by atoms with Crippen molar-refractivity contribution in [3.8, 4) is 23.1 Å². The molecule has 2 aromatic heterocycles. The summed E-state index contributed by atoms with van der Waals surface area (Å²) in [6.45, 7) is 0.0620. The summed E-state index contributed by atoms with van der Waals surface area (Å²) in [6, 6.07) is 8.27. The number of benzene rings is 1. The zero-order valence-electron chi connectivity index (χ0n) is 17.0. The number of alkyl halides is 2. The fraction of sp³-hybridized carbons (Fsp3) is 0.350. The molecule has 0 aliphatic heterocycles. The number of carbonyl (C=O) groups is 1. The van der Waals surface area contributed by atoms with Gasteiger partial charge in [-0.3, -0.25) is 9.36 Å². The molecule has 3 aromatic rings. The highest BCUT2D eigenvalue weighted by atomic mass is 32.2. The van der Waals surface area contributed by atoms with E-state index in [4.69, 9.17) is 9.15 Å². The molecule has 3 rings (SSSR count). The fourth-order valence-electron chi connectivity index (χ4n) is 2.86. The first-order valence-electron chi connectivity index (χ1n) is 9.50. The van der Waals surface area contributed by atoms with Gasteiger partial charge in [-0.05, 0) is 43.2 Å². The predicted octanol–water partition coefficient (Wildman–Crippen LogP) is 3.62. The minimum atomic E-state index is -2.93. The number of nitrogens with zero attached hydrogens (tertiary/aromatic N) is 3. The number of ether oxygens (including phenoxy) is 2. The van der Waals surface area contributed by atoms with Crippen LogP contribution in [0.4, 0.5) is 8.78 Å². The maximum absolute atomic E-state index is 12.4. The molecule has 31 heavy (non-hydrogen) atoms. The molecular formula is C20H22F2N4O4S. The van der Waals surface area contributed by atoms with Gasteiger partial charge in [-0.2, -0.15) is 8.78 Å². The summed E-state index contributed by atoms with van der Waals surface area (Å²) in [4.78, 5) is 12.2. The van der Waals surface area contributed by atoms with E-state index in [1.807, 2.05) is 11.5 Å². The second-order valence-corrected chi connectivity index (χ2v) is 7.22. The molecule has 0 radical (unpaired) electrons. The van der Waals surface area contributed by atoms with Crippen LogP contribution in [0.25, 0.3) is 11.6 Å². The quantitative estimate of drug-likeness (QED) is 0.444. The van der Waals surface area contributed by atoms with Crippen LogP contribution in [0.3, 0.4) is 0 Å². The third-order valence-electron chi connectivity index (χ3n) is 4.29. The van der Waals surface area contributed by atoms with Crippen LogP contribution in [0.15, 0.2) is 46.2 Å². The van der Waals surface area contributed by atoms with Crippen LogP contribution in [0.5, 0.6) is 11.5 Å². The molecule has 0 spiro atoms. The van der Waals surface area contributed by atoms with E-state index >= 15 is 0 Å². The average molecular weight is 452 g/mol. The van der Waals surface area contributed by atoms with Gasteiger partial charge in [-0.25, -0.2) is 0 Å². The first-order chi connectivity index (χ1) is 15.0. The third kappa shape index (κ3) is 5.97. The Kier molecular flexibility index (Phi) is 7.88. The third-order valence-corrected chi connectivity index (χ3v) is 5.25. The number of hydrogen-bond donors (Lipinski definition) is 1. The van der Waals surface area contributed by atoms with Crippen LogP contribution < -0.4 is 14.8 Å².